The minimum absolute atomic E-state index is 0.202. The first kappa shape index (κ1) is 16.6. The van der Waals surface area contributed by atoms with Gasteiger partial charge in [0, 0.05) is 5.33 Å². The Morgan fingerprint density at radius 1 is 1.21 bits per heavy atom. The second kappa shape index (κ2) is 7.33. The van der Waals surface area contributed by atoms with Crippen LogP contribution in [-0.4, -0.2) is 11.9 Å². The molecule has 0 N–H and O–H groups in total. The summed E-state index contributed by atoms with van der Waals surface area (Å²) in [6.07, 6.45) is 2.33. The average Bonchev–Trinajstić information content (AvgIpc) is 2.30. The molecule has 0 aliphatic carbocycles. The van der Waals surface area contributed by atoms with E-state index < -0.39 is 0 Å². The van der Waals surface area contributed by atoms with Gasteiger partial charge in [-0.2, -0.15) is 0 Å². The van der Waals surface area contributed by atoms with Crippen molar-refractivity contribution in [3.63, 3.8) is 0 Å². The molecule has 0 fully saturated rings. The van der Waals surface area contributed by atoms with E-state index in [-0.39, 0.29) is 5.41 Å². The summed E-state index contributed by atoms with van der Waals surface area (Å²) < 4.78 is 5.91. The van der Waals surface area contributed by atoms with Gasteiger partial charge in [-0.05, 0) is 48.3 Å². The Balaban J connectivity index is 2.56. The van der Waals surface area contributed by atoms with Gasteiger partial charge >= 0.3 is 0 Å². The molecule has 1 aromatic rings. The molecule has 0 saturated carbocycles. The summed E-state index contributed by atoms with van der Waals surface area (Å²) in [5.41, 5.74) is 2.80. The van der Waals surface area contributed by atoms with Crippen LogP contribution in [0.15, 0.2) is 18.2 Å². The van der Waals surface area contributed by atoms with Crippen LogP contribution in [0.25, 0.3) is 0 Å². The number of benzene rings is 1. The van der Waals surface area contributed by atoms with Crippen molar-refractivity contribution in [2.45, 2.75) is 52.9 Å². The molecule has 1 nitrogen and oxygen atoms in total. The Kier molecular flexibility index (Phi) is 6.38. The molecular formula is C17H27BrO. The van der Waals surface area contributed by atoms with Gasteiger partial charge in [0.15, 0.2) is 0 Å². The lowest BCUT2D eigenvalue weighted by atomic mass is 9.86. The van der Waals surface area contributed by atoms with Crippen LogP contribution in [0.3, 0.4) is 0 Å². The molecule has 0 heterocycles. The van der Waals surface area contributed by atoms with Crippen LogP contribution in [0.2, 0.25) is 0 Å². The topological polar surface area (TPSA) is 9.23 Å². The third kappa shape index (κ3) is 5.56. The fourth-order valence-corrected chi connectivity index (χ4v) is 2.76. The second-order valence-corrected chi connectivity index (χ2v) is 7.24. The van der Waals surface area contributed by atoms with Crippen LogP contribution < -0.4 is 4.74 Å². The average molecular weight is 327 g/mol. The predicted octanol–water partition coefficient (Wildman–Crippen LogP) is 5.48. The molecule has 0 aliphatic heterocycles. The number of ether oxygens (including phenoxy) is 1. The van der Waals surface area contributed by atoms with Crippen molar-refractivity contribution >= 4 is 15.9 Å². The number of hydrogen-bond acceptors (Lipinski definition) is 1. The van der Waals surface area contributed by atoms with Crippen molar-refractivity contribution in [2.75, 3.05) is 11.9 Å². The van der Waals surface area contributed by atoms with Gasteiger partial charge in [0.1, 0.15) is 5.75 Å². The van der Waals surface area contributed by atoms with Crippen molar-refractivity contribution in [1.29, 1.82) is 0 Å². The molecule has 0 saturated heterocycles. The van der Waals surface area contributed by atoms with Gasteiger partial charge in [0.05, 0.1) is 6.61 Å². The maximum atomic E-state index is 5.91. The molecule has 2 heteroatoms. The Hall–Kier alpha value is -0.500. The summed E-state index contributed by atoms with van der Waals surface area (Å²) in [5.74, 6) is 1.74. The number of halogens is 1. The van der Waals surface area contributed by atoms with Gasteiger partial charge in [-0.1, -0.05) is 55.8 Å². The highest BCUT2D eigenvalue weighted by molar-refractivity contribution is 9.09. The molecule has 0 aliphatic rings. The fraction of sp³-hybridized carbons (Fsp3) is 0.647. The smallest absolute Gasteiger partial charge is 0.122 e. The van der Waals surface area contributed by atoms with Crippen molar-refractivity contribution in [3.05, 3.63) is 29.3 Å². The lowest BCUT2D eigenvalue weighted by Gasteiger charge is -2.21. The largest absolute Gasteiger partial charge is 0.493 e. The van der Waals surface area contributed by atoms with Crippen LogP contribution in [-0.2, 0) is 5.41 Å². The third-order valence-corrected chi connectivity index (χ3v) is 3.97. The lowest BCUT2D eigenvalue weighted by molar-refractivity contribution is 0.280. The van der Waals surface area contributed by atoms with Crippen LogP contribution >= 0.6 is 15.9 Å². The standard InChI is InChI=1S/C17H27BrO/c1-13(8-10-18)9-11-19-16-7-6-15(12-14(16)2)17(3,4)5/h6-7,12-13H,8-11H2,1-5H3. The summed E-state index contributed by atoms with van der Waals surface area (Å²) in [5, 5.41) is 1.08. The summed E-state index contributed by atoms with van der Waals surface area (Å²) in [6.45, 7) is 11.9. The molecule has 108 valence electrons. The third-order valence-electron chi connectivity index (χ3n) is 3.51. The Morgan fingerprint density at radius 2 is 1.89 bits per heavy atom. The Bertz CT molecular complexity index is 393. The molecular weight excluding hydrogens is 300 g/mol. The zero-order valence-electron chi connectivity index (χ0n) is 12.9. The minimum atomic E-state index is 0.202. The molecule has 19 heavy (non-hydrogen) atoms. The summed E-state index contributed by atoms with van der Waals surface area (Å²) in [6, 6.07) is 6.55. The Labute approximate surface area is 126 Å². The van der Waals surface area contributed by atoms with Crippen LogP contribution in [0, 0.1) is 12.8 Å². The maximum absolute atomic E-state index is 5.91. The van der Waals surface area contributed by atoms with Crippen molar-refractivity contribution in [2.24, 2.45) is 5.92 Å². The van der Waals surface area contributed by atoms with Crippen molar-refractivity contribution in [3.8, 4) is 5.75 Å². The lowest BCUT2D eigenvalue weighted by Crippen LogP contribution is -2.11. The highest BCUT2D eigenvalue weighted by Crippen LogP contribution is 2.27. The SMILES string of the molecule is Cc1cc(C(C)(C)C)ccc1OCCC(C)CCBr. The highest BCUT2D eigenvalue weighted by atomic mass is 79.9. The predicted molar refractivity (Wildman–Crippen MR) is 87.6 cm³/mol. The summed E-state index contributed by atoms with van der Waals surface area (Å²) in [4.78, 5) is 0. The number of rotatable bonds is 6. The van der Waals surface area contributed by atoms with E-state index in [9.17, 15) is 0 Å². The van der Waals surface area contributed by atoms with Gasteiger partial charge in [0.2, 0.25) is 0 Å². The summed E-state index contributed by atoms with van der Waals surface area (Å²) in [7, 11) is 0. The fourth-order valence-electron chi connectivity index (χ4n) is 1.98. The van der Waals surface area contributed by atoms with Gasteiger partial charge in [-0.25, -0.2) is 0 Å². The first-order valence-corrected chi connectivity index (χ1v) is 8.26. The van der Waals surface area contributed by atoms with Gasteiger partial charge in [-0.15, -0.1) is 0 Å². The van der Waals surface area contributed by atoms with Crippen LogP contribution in [0.5, 0.6) is 5.75 Å². The number of alkyl halides is 1. The van der Waals surface area contributed by atoms with E-state index in [0.29, 0.717) is 5.92 Å². The normalized spacial score (nSPS) is 13.4. The molecule has 1 aromatic carbocycles. The van der Waals surface area contributed by atoms with Gasteiger partial charge in [0.25, 0.3) is 0 Å². The quantitative estimate of drug-likeness (QED) is 0.628. The highest BCUT2D eigenvalue weighted by Gasteiger charge is 2.14. The molecule has 0 bridgehead atoms. The van der Waals surface area contributed by atoms with Crippen LogP contribution in [0.4, 0.5) is 0 Å². The Morgan fingerprint density at radius 3 is 2.42 bits per heavy atom. The maximum Gasteiger partial charge on any atom is 0.122 e. The van der Waals surface area contributed by atoms with E-state index in [1.165, 1.54) is 17.5 Å². The molecule has 0 aromatic heterocycles. The zero-order valence-corrected chi connectivity index (χ0v) is 14.5. The second-order valence-electron chi connectivity index (χ2n) is 6.45. The molecule has 1 atom stereocenters. The zero-order chi connectivity index (χ0) is 14.5. The van der Waals surface area contributed by atoms with E-state index in [1.54, 1.807) is 0 Å². The van der Waals surface area contributed by atoms with E-state index in [4.69, 9.17) is 4.74 Å². The van der Waals surface area contributed by atoms with Crippen molar-refractivity contribution < 1.29 is 4.74 Å². The van der Waals surface area contributed by atoms with Crippen LogP contribution in [0.1, 0.15) is 51.7 Å². The summed E-state index contributed by atoms with van der Waals surface area (Å²) >= 11 is 3.48. The van der Waals surface area contributed by atoms with E-state index in [2.05, 4.69) is 68.7 Å². The van der Waals surface area contributed by atoms with Gasteiger partial charge in [-0.3, -0.25) is 0 Å². The van der Waals surface area contributed by atoms with E-state index in [0.717, 1.165) is 24.1 Å². The molecule has 0 spiro atoms. The number of hydrogen-bond donors (Lipinski definition) is 0. The molecule has 1 unspecified atom stereocenters. The van der Waals surface area contributed by atoms with E-state index in [1.807, 2.05) is 0 Å². The van der Waals surface area contributed by atoms with Gasteiger partial charge < -0.3 is 4.74 Å². The first-order chi connectivity index (χ1) is 8.84. The molecule has 0 amide bonds. The number of aryl methyl sites for hydroxylation is 1. The molecule has 0 radical (unpaired) electrons. The minimum Gasteiger partial charge on any atom is -0.493 e. The first-order valence-electron chi connectivity index (χ1n) is 7.14. The molecule has 1 rings (SSSR count). The monoisotopic (exact) mass is 326 g/mol. The van der Waals surface area contributed by atoms with Crippen molar-refractivity contribution in [1.82, 2.24) is 0 Å². The van der Waals surface area contributed by atoms with E-state index >= 15 is 0 Å².